The Balaban J connectivity index is 1.65. The average molecular weight is 419 g/mol. The molecule has 0 bridgehead atoms. The maximum Gasteiger partial charge on any atom is 0.263 e. The van der Waals surface area contributed by atoms with Crippen molar-refractivity contribution < 1.29 is 18.3 Å². The molecule has 1 aromatic carbocycles. The Kier molecular flexibility index (Phi) is 6.32. The van der Waals surface area contributed by atoms with E-state index in [1.807, 2.05) is 25.5 Å². The standard InChI is InChI=1S/C21H23F2N3O2S/c1-5-26-14(3)17(13(2)24-26)10-25(4)21(27)20-8-15(12-29-20)11-28-19-7-6-16(22)9-18(19)23/h6-9,12H,5,10-11H2,1-4H3. The van der Waals surface area contributed by atoms with Crippen molar-refractivity contribution in [3.8, 4) is 5.75 Å². The van der Waals surface area contributed by atoms with Gasteiger partial charge in [0.05, 0.1) is 10.6 Å². The summed E-state index contributed by atoms with van der Waals surface area (Å²) in [6.07, 6.45) is 0. The van der Waals surface area contributed by atoms with Gasteiger partial charge in [0, 0.05) is 43.0 Å². The molecule has 0 aliphatic heterocycles. The van der Waals surface area contributed by atoms with Gasteiger partial charge in [0.15, 0.2) is 11.6 Å². The van der Waals surface area contributed by atoms with E-state index in [0.717, 1.165) is 41.2 Å². The van der Waals surface area contributed by atoms with Crippen molar-refractivity contribution in [1.82, 2.24) is 14.7 Å². The lowest BCUT2D eigenvalue weighted by atomic mass is 10.2. The molecule has 3 rings (SSSR count). The van der Waals surface area contributed by atoms with Crippen LogP contribution in [0.3, 0.4) is 0 Å². The van der Waals surface area contributed by atoms with Crippen molar-refractivity contribution in [3.05, 3.63) is 68.7 Å². The van der Waals surface area contributed by atoms with E-state index in [2.05, 4.69) is 5.10 Å². The van der Waals surface area contributed by atoms with Crippen LogP contribution in [0.1, 0.15) is 39.1 Å². The summed E-state index contributed by atoms with van der Waals surface area (Å²) in [4.78, 5) is 15.0. The Labute approximate surface area is 172 Å². The van der Waals surface area contributed by atoms with Crippen molar-refractivity contribution in [3.63, 3.8) is 0 Å². The van der Waals surface area contributed by atoms with Gasteiger partial charge in [0.25, 0.3) is 5.91 Å². The second kappa shape index (κ2) is 8.73. The molecular formula is C21H23F2N3O2S. The van der Waals surface area contributed by atoms with Gasteiger partial charge in [-0.1, -0.05) is 0 Å². The SMILES string of the molecule is CCn1nc(C)c(CN(C)C(=O)c2cc(COc3ccc(F)cc3F)cs2)c1C. The number of nitrogens with zero attached hydrogens (tertiary/aromatic N) is 3. The number of carbonyl (C=O) groups is 1. The first-order valence-electron chi connectivity index (χ1n) is 9.23. The highest BCUT2D eigenvalue weighted by Crippen LogP contribution is 2.23. The Morgan fingerprint density at radius 1 is 1.28 bits per heavy atom. The molecule has 3 aromatic rings. The lowest BCUT2D eigenvalue weighted by Crippen LogP contribution is -2.26. The molecule has 0 aliphatic carbocycles. The van der Waals surface area contributed by atoms with Gasteiger partial charge in [-0.15, -0.1) is 11.3 Å². The van der Waals surface area contributed by atoms with E-state index in [0.29, 0.717) is 11.4 Å². The number of rotatable bonds is 7. The summed E-state index contributed by atoms with van der Waals surface area (Å²) >= 11 is 1.31. The van der Waals surface area contributed by atoms with Crippen LogP contribution in [0.5, 0.6) is 5.75 Å². The molecule has 0 aliphatic rings. The third-order valence-corrected chi connectivity index (χ3v) is 5.69. The van der Waals surface area contributed by atoms with Gasteiger partial charge in [-0.25, -0.2) is 8.78 Å². The molecule has 154 valence electrons. The minimum Gasteiger partial charge on any atom is -0.486 e. The van der Waals surface area contributed by atoms with Gasteiger partial charge in [0.2, 0.25) is 0 Å². The molecule has 0 spiro atoms. The predicted octanol–water partition coefficient (Wildman–Crippen LogP) is 4.71. The molecular weight excluding hydrogens is 396 g/mol. The minimum absolute atomic E-state index is 0.0264. The number of carbonyl (C=O) groups excluding carboxylic acids is 1. The summed E-state index contributed by atoms with van der Waals surface area (Å²) in [7, 11) is 1.76. The maximum atomic E-state index is 13.7. The number of benzene rings is 1. The van der Waals surface area contributed by atoms with Crippen LogP contribution in [0.4, 0.5) is 8.78 Å². The topological polar surface area (TPSA) is 47.4 Å². The first kappa shape index (κ1) is 21.0. The summed E-state index contributed by atoms with van der Waals surface area (Å²) in [6, 6.07) is 4.90. The van der Waals surface area contributed by atoms with Crippen LogP contribution in [0.2, 0.25) is 0 Å². The summed E-state index contributed by atoms with van der Waals surface area (Å²) < 4.78 is 34.0. The highest BCUT2D eigenvalue weighted by molar-refractivity contribution is 7.12. The molecule has 1 amide bonds. The number of thiophene rings is 1. The Morgan fingerprint density at radius 2 is 2.03 bits per heavy atom. The molecule has 8 heteroatoms. The third-order valence-electron chi connectivity index (χ3n) is 4.73. The number of halogens is 2. The zero-order chi connectivity index (χ0) is 21.1. The lowest BCUT2D eigenvalue weighted by molar-refractivity contribution is 0.0789. The number of amides is 1. The Morgan fingerprint density at radius 3 is 2.69 bits per heavy atom. The maximum absolute atomic E-state index is 13.7. The molecule has 0 radical (unpaired) electrons. The highest BCUT2D eigenvalue weighted by Gasteiger charge is 2.19. The van der Waals surface area contributed by atoms with E-state index >= 15 is 0 Å². The van der Waals surface area contributed by atoms with E-state index in [4.69, 9.17) is 4.74 Å². The molecule has 0 unspecified atom stereocenters. The molecule has 2 aromatic heterocycles. The van der Waals surface area contributed by atoms with Crippen LogP contribution in [-0.2, 0) is 19.7 Å². The monoisotopic (exact) mass is 419 g/mol. The fourth-order valence-electron chi connectivity index (χ4n) is 3.08. The average Bonchev–Trinajstić information content (AvgIpc) is 3.26. The summed E-state index contributed by atoms with van der Waals surface area (Å²) in [6.45, 7) is 7.34. The van der Waals surface area contributed by atoms with E-state index in [1.165, 1.54) is 17.4 Å². The van der Waals surface area contributed by atoms with Crippen molar-refractivity contribution in [1.29, 1.82) is 0 Å². The number of hydrogen-bond acceptors (Lipinski definition) is 4. The smallest absolute Gasteiger partial charge is 0.263 e. The number of aromatic nitrogens is 2. The molecule has 2 heterocycles. The molecule has 0 fully saturated rings. The van der Waals surface area contributed by atoms with Gasteiger partial charge in [-0.05, 0) is 44.4 Å². The quantitative estimate of drug-likeness (QED) is 0.557. The Hall–Kier alpha value is -2.74. The summed E-state index contributed by atoms with van der Waals surface area (Å²) in [5, 5.41) is 6.29. The van der Waals surface area contributed by atoms with Gasteiger partial charge in [-0.3, -0.25) is 9.48 Å². The van der Waals surface area contributed by atoms with Crippen LogP contribution in [0.15, 0.2) is 29.6 Å². The first-order valence-corrected chi connectivity index (χ1v) is 10.1. The van der Waals surface area contributed by atoms with Crippen LogP contribution < -0.4 is 4.74 Å². The Bertz CT molecular complexity index is 1030. The fraction of sp³-hybridized carbons (Fsp3) is 0.333. The first-order chi connectivity index (χ1) is 13.8. The van der Waals surface area contributed by atoms with Crippen molar-refractivity contribution in [2.24, 2.45) is 0 Å². The second-order valence-electron chi connectivity index (χ2n) is 6.81. The zero-order valence-corrected chi connectivity index (χ0v) is 17.6. The zero-order valence-electron chi connectivity index (χ0n) is 16.8. The number of aryl methyl sites for hydroxylation is 2. The number of ether oxygens (including phenoxy) is 1. The van der Waals surface area contributed by atoms with E-state index < -0.39 is 11.6 Å². The lowest BCUT2D eigenvalue weighted by Gasteiger charge is -2.16. The van der Waals surface area contributed by atoms with Crippen LogP contribution in [0, 0.1) is 25.5 Å². The van der Waals surface area contributed by atoms with Crippen LogP contribution >= 0.6 is 11.3 Å². The third kappa shape index (κ3) is 4.64. The minimum atomic E-state index is -0.755. The molecule has 0 saturated heterocycles. The van der Waals surface area contributed by atoms with Crippen molar-refractivity contribution in [2.75, 3.05) is 7.05 Å². The van der Waals surface area contributed by atoms with E-state index in [9.17, 15) is 13.6 Å². The molecule has 0 saturated carbocycles. The van der Waals surface area contributed by atoms with Gasteiger partial charge in [0.1, 0.15) is 12.4 Å². The summed E-state index contributed by atoms with van der Waals surface area (Å²) in [5.74, 6) is -1.54. The number of hydrogen-bond donors (Lipinski definition) is 0. The van der Waals surface area contributed by atoms with Crippen molar-refractivity contribution >= 4 is 17.2 Å². The molecule has 5 nitrogen and oxygen atoms in total. The van der Waals surface area contributed by atoms with Crippen molar-refractivity contribution in [2.45, 2.75) is 40.5 Å². The summed E-state index contributed by atoms with van der Waals surface area (Å²) in [5.41, 5.74) is 3.79. The fourth-order valence-corrected chi connectivity index (χ4v) is 3.98. The van der Waals surface area contributed by atoms with Crippen LogP contribution in [-0.4, -0.2) is 27.6 Å². The highest BCUT2D eigenvalue weighted by atomic mass is 32.1. The second-order valence-corrected chi connectivity index (χ2v) is 7.72. The molecule has 0 N–H and O–H groups in total. The predicted molar refractivity (Wildman–Crippen MR) is 108 cm³/mol. The van der Waals surface area contributed by atoms with Crippen LogP contribution in [0.25, 0.3) is 0 Å². The molecule has 29 heavy (non-hydrogen) atoms. The van der Waals surface area contributed by atoms with E-state index in [-0.39, 0.29) is 18.3 Å². The van der Waals surface area contributed by atoms with Gasteiger partial charge in [-0.2, -0.15) is 5.10 Å². The van der Waals surface area contributed by atoms with E-state index in [1.54, 1.807) is 23.4 Å². The van der Waals surface area contributed by atoms with Gasteiger partial charge >= 0.3 is 0 Å². The van der Waals surface area contributed by atoms with Gasteiger partial charge < -0.3 is 9.64 Å². The largest absolute Gasteiger partial charge is 0.486 e. The normalized spacial score (nSPS) is 11.0. The molecule has 0 atom stereocenters.